The maximum Gasteiger partial charge on any atom is 0.119 e. The minimum absolute atomic E-state index is 0.598. The van der Waals surface area contributed by atoms with Gasteiger partial charge in [-0.1, -0.05) is 6.07 Å². The third-order valence-corrected chi connectivity index (χ3v) is 2.74. The minimum atomic E-state index is 0.598. The van der Waals surface area contributed by atoms with Gasteiger partial charge in [-0.25, -0.2) is 0 Å². The van der Waals surface area contributed by atoms with Gasteiger partial charge in [0.25, 0.3) is 0 Å². The zero-order chi connectivity index (χ0) is 9.26. The number of rotatable bonds is 1. The Morgan fingerprint density at radius 3 is 3.00 bits per heavy atom. The van der Waals surface area contributed by atoms with Crippen LogP contribution in [0.25, 0.3) is 0 Å². The highest BCUT2D eigenvalue weighted by molar-refractivity contribution is 5.37. The monoisotopic (exact) mass is 178 g/mol. The highest BCUT2D eigenvalue weighted by atomic mass is 16.5. The van der Waals surface area contributed by atoms with Crippen molar-refractivity contribution in [1.29, 1.82) is 0 Å². The average Bonchev–Trinajstić information content (AvgIpc) is 2.17. The summed E-state index contributed by atoms with van der Waals surface area (Å²) in [5.41, 5.74) is 7.00. The molecule has 1 aromatic rings. The molecule has 70 valence electrons. The average molecular weight is 178 g/mol. The summed E-state index contributed by atoms with van der Waals surface area (Å²) in [5.74, 6) is 0.973. The van der Waals surface area contributed by atoms with E-state index in [0.717, 1.165) is 18.6 Å². The molecule has 1 aromatic carbocycles. The lowest BCUT2D eigenvalue weighted by Crippen LogP contribution is -2.62. The van der Waals surface area contributed by atoms with Crippen LogP contribution in [0.1, 0.15) is 17.5 Å². The maximum absolute atomic E-state index is 5.19. The van der Waals surface area contributed by atoms with E-state index in [1.54, 1.807) is 7.11 Å². The molecule has 0 aromatic heterocycles. The van der Waals surface area contributed by atoms with Gasteiger partial charge in [0.05, 0.1) is 13.2 Å². The fraction of sp³-hybridized carbons (Fsp3) is 0.455. The van der Waals surface area contributed by atoms with Gasteiger partial charge in [0, 0.05) is 12.8 Å². The van der Waals surface area contributed by atoms with E-state index in [-0.39, 0.29) is 0 Å². The van der Waals surface area contributed by atoms with Crippen molar-refractivity contribution in [2.45, 2.75) is 25.3 Å². The second-order valence-electron chi connectivity index (χ2n) is 3.74. The Balaban J connectivity index is 2.31. The highest BCUT2D eigenvalue weighted by Gasteiger charge is 2.17. The van der Waals surface area contributed by atoms with E-state index in [0.29, 0.717) is 6.04 Å². The molecule has 0 bridgehead atoms. The Kier molecular flexibility index (Phi) is 2.23. The first kappa shape index (κ1) is 8.57. The summed E-state index contributed by atoms with van der Waals surface area (Å²) in [5, 5.41) is 0. The Morgan fingerprint density at radius 2 is 2.23 bits per heavy atom. The molecule has 2 nitrogen and oxygen atoms in total. The molecule has 0 amide bonds. The van der Waals surface area contributed by atoms with Crippen LogP contribution in [0, 0.1) is 0 Å². The lowest BCUT2D eigenvalue weighted by molar-refractivity contribution is -0.421. The fourth-order valence-corrected chi connectivity index (χ4v) is 1.93. The van der Waals surface area contributed by atoms with Crippen LogP contribution < -0.4 is 10.5 Å². The maximum atomic E-state index is 5.19. The van der Waals surface area contributed by atoms with Crippen molar-refractivity contribution in [2.75, 3.05) is 7.11 Å². The molecule has 1 aliphatic carbocycles. The largest absolute Gasteiger partial charge is 0.497 e. The molecule has 2 rings (SSSR count). The molecular formula is C11H16NO+. The van der Waals surface area contributed by atoms with Crippen molar-refractivity contribution in [3.8, 4) is 5.75 Å². The second-order valence-corrected chi connectivity index (χ2v) is 3.74. The summed E-state index contributed by atoms with van der Waals surface area (Å²) in [4.78, 5) is 0. The van der Waals surface area contributed by atoms with Crippen molar-refractivity contribution in [3.63, 3.8) is 0 Å². The Morgan fingerprint density at radius 1 is 1.38 bits per heavy atom. The molecule has 0 aliphatic heterocycles. The van der Waals surface area contributed by atoms with Crippen LogP contribution >= 0.6 is 0 Å². The van der Waals surface area contributed by atoms with Crippen LogP contribution in [0.15, 0.2) is 18.2 Å². The summed E-state index contributed by atoms with van der Waals surface area (Å²) in [6.45, 7) is 0. The molecule has 1 atom stereocenters. The lowest BCUT2D eigenvalue weighted by Gasteiger charge is -2.19. The summed E-state index contributed by atoms with van der Waals surface area (Å²) >= 11 is 0. The van der Waals surface area contributed by atoms with Crippen LogP contribution in [0.2, 0.25) is 0 Å². The predicted molar refractivity (Wildman–Crippen MR) is 51.7 cm³/mol. The Bertz CT molecular complexity index is 309. The standard InChI is InChI=1S/C11H15NO/c1-13-11-5-3-8-6-10(12)4-2-9(8)7-11/h3,5,7,10H,2,4,6,12H2,1H3/p+1/t10-/m0/s1. The topological polar surface area (TPSA) is 36.9 Å². The SMILES string of the molecule is COc1ccc2c(c1)CC[C@H]([NH3+])C2. The summed E-state index contributed by atoms with van der Waals surface area (Å²) < 4.78 is 5.19. The quantitative estimate of drug-likeness (QED) is 0.678. The molecular weight excluding hydrogens is 162 g/mol. The van der Waals surface area contributed by atoms with E-state index >= 15 is 0 Å². The van der Waals surface area contributed by atoms with E-state index in [2.05, 4.69) is 17.9 Å². The van der Waals surface area contributed by atoms with Gasteiger partial charge in [-0.15, -0.1) is 0 Å². The summed E-state index contributed by atoms with van der Waals surface area (Å²) in [7, 11) is 1.72. The highest BCUT2D eigenvalue weighted by Crippen LogP contribution is 2.24. The summed E-state index contributed by atoms with van der Waals surface area (Å²) in [6.07, 6.45) is 3.49. The van der Waals surface area contributed by atoms with Crippen molar-refractivity contribution in [1.82, 2.24) is 0 Å². The molecule has 0 heterocycles. The van der Waals surface area contributed by atoms with Crippen LogP contribution in [-0.2, 0) is 12.8 Å². The second kappa shape index (κ2) is 3.38. The van der Waals surface area contributed by atoms with Gasteiger partial charge >= 0.3 is 0 Å². The smallest absolute Gasteiger partial charge is 0.119 e. The molecule has 0 spiro atoms. The molecule has 0 unspecified atom stereocenters. The molecule has 0 radical (unpaired) electrons. The van der Waals surface area contributed by atoms with Gasteiger partial charge < -0.3 is 10.5 Å². The van der Waals surface area contributed by atoms with Crippen molar-refractivity contribution in [2.24, 2.45) is 0 Å². The van der Waals surface area contributed by atoms with E-state index < -0.39 is 0 Å². The van der Waals surface area contributed by atoms with Gasteiger partial charge in [0.2, 0.25) is 0 Å². The van der Waals surface area contributed by atoms with Crippen LogP contribution in [0.4, 0.5) is 0 Å². The summed E-state index contributed by atoms with van der Waals surface area (Å²) in [6, 6.07) is 6.96. The molecule has 0 saturated heterocycles. The third kappa shape index (κ3) is 1.68. The number of ether oxygens (including phenoxy) is 1. The number of fused-ring (bicyclic) bond motifs is 1. The van der Waals surface area contributed by atoms with Gasteiger partial charge in [-0.3, -0.25) is 0 Å². The van der Waals surface area contributed by atoms with E-state index in [1.165, 1.54) is 17.5 Å². The molecule has 2 heteroatoms. The minimum Gasteiger partial charge on any atom is -0.497 e. The number of methoxy groups -OCH3 is 1. The molecule has 1 aliphatic rings. The van der Waals surface area contributed by atoms with Crippen molar-refractivity contribution < 1.29 is 10.5 Å². The Labute approximate surface area is 78.7 Å². The molecule has 3 N–H and O–H groups in total. The Hall–Kier alpha value is -1.02. The van der Waals surface area contributed by atoms with Crippen LogP contribution in [-0.4, -0.2) is 13.2 Å². The van der Waals surface area contributed by atoms with Gasteiger partial charge in [-0.2, -0.15) is 0 Å². The van der Waals surface area contributed by atoms with E-state index in [4.69, 9.17) is 4.74 Å². The van der Waals surface area contributed by atoms with Crippen LogP contribution in [0.3, 0.4) is 0 Å². The van der Waals surface area contributed by atoms with E-state index in [9.17, 15) is 0 Å². The number of quaternary nitrogens is 1. The number of hydrogen-bond acceptors (Lipinski definition) is 1. The zero-order valence-corrected chi connectivity index (χ0v) is 8.05. The number of aryl methyl sites for hydroxylation is 1. The molecule has 0 saturated carbocycles. The van der Waals surface area contributed by atoms with Crippen molar-refractivity contribution in [3.05, 3.63) is 29.3 Å². The normalized spacial score (nSPS) is 20.9. The molecule has 13 heavy (non-hydrogen) atoms. The molecule has 0 fully saturated rings. The zero-order valence-electron chi connectivity index (χ0n) is 8.05. The van der Waals surface area contributed by atoms with Crippen molar-refractivity contribution >= 4 is 0 Å². The number of benzene rings is 1. The first-order chi connectivity index (χ1) is 6.29. The third-order valence-electron chi connectivity index (χ3n) is 2.74. The van der Waals surface area contributed by atoms with Gasteiger partial charge in [0.15, 0.2) is 0 Å². The first-order valence-electron chi connectivity index (χ1n) is 4.78. The first-order valence-corrected chi connectivity index (χ1v) is 4.78. The number of hydrogen-bond donors (Lipinski definition) is 1. The predicted octanol–water partition coefficient (Wildman–Crippen LogP) is 0.794. The van der Waals surface area contributed by atoms with Gasteiger partial charge in [0.1, 0.15) is 5.75 Å². The van der Waals surface area contributed by atoms with Crippen LogP contribution in [0.5, 0.6) is 5.75 Å². The van der Waals surface area contributed by atoms with Gasteiger partial charge in [-0.05, 0) is 29.7 Å². The lowest BCUT2D eigenvalue weighted by atomic mass is 9.89. The fourth-order valence-electron chi connectivity index (χ4n) is 1.93. The van der Waals surface area contributed by atoms with E-state index in [1.807, 2.05) is 6.07 Å².